The standard InChI is InChI=1S/C25H20N6/c26-14-18-4-6-19(7-5-18)23-3-1-2-22(29-23)17-31-13-10-24-21(16-31)15-28-25(30-24)20-8-11-27-12-9-20/h1-9,11-12,15H,10,13,16-17H2. The fraction of sp³-hybridized carbons (Fsp3) is 0.160. The van der Waals surface area contributed by atoms with E-state index in [1.165, 1.54) is 5.56 Å². The van der Waals surface area contributed by atoms with Gasteiger partial charge >= 0.3 is 0 Å². The van der Waals surface area contributed by atoms with Crippen LogP contribution in [-0.2, 0) is 19.5 Å². The predicted molar refractivity (Wildman–Crippen MR) is 117 cm³/mol. The Kier molecular flexibility index (Phi) is 5.17. The van der Waals surface area contributed by atoms with Gasteiger partial charge in [-0.2, -0.15) is 5.26 Å². The van der Waals surface area contributed by atoms with E-state index in [0.29, 0.717) is 5.56 Å². The van der Waals surface area contributed by atoms with Gasteiger partial charge in [-0.15, -0.1) is 0 Å². The van der Waals surface area contributed by atoms with Crippen LogP contribution in [0.1, 0.15) is 22.5 Å². The summed E-state index contributed by atoms with van der Waals surface area (Å²) in [4.78, 5) is 20.6. The topological polar surface area (TPSA) is 78.6 Å². The molecule has 0 amide bonds. The lowest BCUT2D eigenvalue weighted by Crippen LogP contribution is -2.31. The number of rotatable bonds is 4. The molecule has 5 rings (SSSR count). The molecule has 4 aromatic rings. The van der Waals surface area contributed by atoms with E-state index in [0.717, 1.165) is 60.1 Å². The first kappa shape index (κ1) is 19.0. The molecule has 4 heterocycles. The van der Waals surface area contributed by atoms with E-state index < -0.39 is 0 Å². The van der Waals surface area contributed by atoms with E-state index in [2.05, 4.69) is 27.0 Å². The van der Waals surface area contributed by atoms with Gasteiger partial charge in [0.25, 0.3) is 0 Å². The maximum Gasteiger partial charge on any atom is 0.159 e. The third-order valence-electron chi connectivity index (χ3n) is 5.45. The molecule has 3 aromatic heterocycles. The summed E-state index contributed by atoms with van der Waals surface area (Å²) in [6, 6.07) is 19.7. The van der Waals surface area contributed by atoms with Crippen molar-refractivity contribution < 1.29 is 0 Å². The first-order chi connectivity index (χ1) is 15.3. The molecule has 1 aromatic carbocycles. The molecule has 31 heavy (non-hydrogen) atoms. The highest BCUT2D eigenvalue weighted by Crippen LogP contribution is 2.23. The third kappa shape index (κ3) is 4.18. The average Bonchev–Trinajstić information content (AvgIpc) is 2.84. The molecule has 0 saturated heterocycles. The van der Waals surface area contributed by atoms with Gasteiger partial charge in [-0.05, 0) is 36.4 Å². The van der Waals surface area contributed by atoms with Crippen molar-refractivity contribution in [2.45, 2.75) is 19.5 Å². The second-order valence-electron chi connectivity index (χ2n) is 7.57. The van der Waals surface area contributed by atoms with Crippen LogP contribution in [0.4, 0.5) is 0 Å². The van der Waals surface area contributed by atoms with Crippen molar-refractivity contribution in [1.29, 1.82) is 5.26 Å². The minimum atomic E-state index is 0.654. The normalized spacial score (nSPS) is 13.4. The van der Waals surface area contributed by atoms with Crippen LogP contribution in [0.15, 0.2) is 73.2 Å². The Balaban J connectivity index is 1.31. The molecule has 1 aliphatic heterocycles. The number of hydrogen-bond donors (Lipinski definition) is 0. The highest BCUT2D eigenvalue weighted by molar-refractivity contribution is 5.60. The molecular weight excluding hydrogens is 384 g/mol. The van der Waals surface area contributed by atoms with Gasteiger partial charge in [0.1, 0.15) is 0 Å². The monoisotopic (exact) mass is 404 g/mol. The zero-order chi connectivity index (χ0) is 21.0. The number of pyridine rings is 2. The zero-order valence-corrected chi connectivity index (χ0v) is 16.9. The summed E-state index contributed by atoms with van der Waals surface area (Å²) in [5.74, 6) is 0.756. The van der Waals surface area contributed by atoms with Gasteiger partial charge < -0.3 is 0 Å². The fourth-order valence-corrected chi connectivity index (χ4v) is 3.82. The first-order valence-electron chi connectivity index (χ1n) is 10.2. The molecule has 0 bridgehead atoms. The lowest BCUT2D eigenvalue weighted by Gasteiger charge is -2.27. The van der Waals surface area contributed by atoms with Gasteiger partial charge in [0.2, 0.25) is 0 Å². The number of nitriles is 1. The summed E-state index contributed by atoms with van der Waals surface area (Å²) in [5.41, 5.74) is 6.90. The van der Waals surface area contributed by atoms with Crippen LogP contribution < -0.4 is 0 Å². The SMILES string of the molecule is N#Cc1ccc(-c2cccc(CN3CCc4nc(-c5ccncc5)ncc4C3)n2)cc1. The summed E-state index contributed by atoms with van der Waals surface area (Å²) in [6.45, 7) is 2.52. The summed E-state index contributed by atoms with van der Waals surface area (Å²) in [5, 5.41) is 8.99. The van der Waals surface area contributed by atoms with Gasteiger partial charge in [-0.25, -0.2) is 9.97 Å². The second kappa shape index (κ2) is 8.42. The summed E-state index contributed by atoms with van der Waals surface area (Å²) in [7, 11) is 0. The van der Waals surface area contributed by atoms with Crippen LogP contribution in [0, 0.1) is 11.3 Å². The van der Waals surface area contributed by atoms with E-state index in [1.54, 1.807) is 12.4 Å². The van der Waals surface area contributed by atoms with Crippen molar-refractivity contribution in [2.24, 2.45) is 0 Å². The number of fused-ring (bicyclic) bond motifs is 1. The third-order valence-corrected chi connectivity index (χ3v) is 5.45. The molecule has 0 saturated carbocycles. The van der Waals surface area contributed by atoms with Crippen LogP contribution in [0.2, 0.25) is 0 Å². The van der Waals surface area contributed by atoms with Crippen molar-refractivity contribution in [2.75, 3.05) is 6.54 Å². The van der Waals surface area contributed by atoms with Gasteiger partial charge in [0.05, 0.1) is 28.7 Å². The molecule has 0 atom stereocenters. The van der Waals surface area contributed by atoms with E-state index in [9.17, 15) is 0 Å². The number of aromatic nitrogens is 4. The highest BCUT2D eigenvalue weighted by Gasteiger charge is 2.19. The van der Waals surface area contributed by atoms with Crippen LogP contribution in [0.3, 0.4) is 0 Å². The summed E-state index contributed by atoms with van der Waals surface area (Å²) >= 11 is 0. The highest BCUT2D eigenvalue weighted by atomic mass is 15.1. The molecule has 0 aliphatic carbocycles. The molecule has 0 spiro atoms. The minimum Gasteiger partial charge on any atom is -0.293 e. The maximum absolute atomic E-state index is 8.99. The van der Waals surface area contributed by atoms with Crippen LogP contribution in [0.5, 0.6) is 0 Å². The lowest BCUT2D eigenvalue weighted by atomic mass is 10.1. The molecule has 0 radical (unpaired) electrons. The Morgan fingerprint density at radius 1 is 0.935 bits per heavy atom. The smallest absolute Gasteiger partial charge is 0.159 e. The van der Waals surface area contributed by atoms with Gasteiger partial charge in [0, 0.05) is 61.3 Å². The molecule has 0 N–H and O–H groups in total. The Morgan fingerprint density at radius 3 is 2.58 bits per heavy atom. The van der Waals surface area contributed by atoms with Crippen molar-refractivity contribution >= 4 is 0 Å². The molecule has 6 nitrogen and oxygen atoms in total. The average molecular weight is 404 g/mol. The van der Waals surface area contributed by atoms with Crippen LogP contribution in [0.25, 0.3) is 22.6 Å². The Hall–Kier alpha value is -3.95. The molecule has 0 unspecified atom stereocenters. The van der Waals surface area contributed by atoms with Crippen LogP contribution >= 0.6 is 0 Å². The van der Waals surface area contributed by atoms with E-state index >= 15 is 0 Å². The van der Waals surface area contributed by atoms with Gasteiger partial charge in [0.15, 0.2) is 5.82 Å². The number of benzene rings is 1. The van der Waals surface area contributed by atoms with Crippen molar-refractivity contribution in [1.82, 2.24) is 24.8 Å². The zero-order valence-electron chi connectivity index (χ0n) is 16.9. The predicted octanol–water partition coefficient (Wildman–Crippen LogP) is 4.03. The number of hydrogen-bond acceptors (Lipinski definition) is 6. The molecule has 0 fully saturated rings. The lowest BCUT2D eigenvalue weighted by molar-refractivity contribution is 0.240. The number of nitrogens with zero attached hydrogens (tertiary/aromatic N) is 6. The fourth-order valence-electron chi connectivity index (χ4n) is 3.82. The van der Waals surface area contributed by atoms with E-state index in [4.69, 9.17) is 15.2 Å². The quantitative estimate of drug-likeness (QED) is 0.511. The minimum absolute atomic E-state index is 0.654. The van der Waals surface area contributed by atoms with Crippen molar-refractivity contribution in [3.8, 4) is 28.7 Å². The van der Waals surface area contributed by atoms with Crippen molar-refractivity contribution in [3.05, 3.63) is 95.7 Å². The van der Waals surface area contributed by atoms with Crippen LogP contribution in [-0.4, -0.2) is 31.4 Å². The van der Waals surface area contributed by atoms with Gasteiger partial charge in [-0.3, -0.25) is 14.9 Å². The Bertz CT molecular complexity index is 1250. The summed E-state index contributed by atoms with van der Waals surface area (Å²) < 4.78 is 0. The second-order valence-corrected chi connectivity index (χ2v) is 7.57. The molecular formula is C25H20N6. The Morgan fingerprint density at radius 2 is 1.77 bits per heavy atom. The summed E-state index contributed by atoms with van der Waals surface area (Å²) in [6.07, 6.45) is 6.37. The maximum atomic E-state index is 8.99. The molecule has 150 valence electrons. The van der Waals surface area contributed by atoms with Crippen molar-refractivity contribution in [3.63, 3.8) is 0 Å². The first-order valence-corrected chi connectivity index (χ1v) is 10.2. The Labute approximate surface area is 180 Å². The van der Waals surface area contributed by atoms with Gasteiger partial charge in [-0.1, -0.05) is 18.2 Å². The van der Waals surface area contributed by atoms with E-state index in [1.807, 2.05) is 54.7 Å². The molecule has 1 aliphatic rings. The molecule has 6 heteroatoms. The largest absolute Gasteiger partial charge is 0.293 e. The van der Waals surface area contributed by atoms with E-state index in [-0.39, 0.29) is 0 Å².